The average molecular weight is 1590 g/mol. The topological polar surface area (TPSA) is 413 Å². The van der Waals surface area contributed by atoms with Crippen molar-refractivity contribution in [3.63, 3.8) is 0 Å². The van der Waals surface area contributed by atoms with E-state index >= 15 is 0 Å². The first-order valence-electron chi connectivity index (χ1n) is 35.0. The van der Waals surface area contributed by atoms with Crippen LogP contribution in [0.2, 0.25) is 0 Å². The maximum Gasteiger partial charge on any atom is 0.315 e. The number of hydrogen-bond acceptors (Lipinski definition) is 19. The summed E-state index contributed by atoms with van der Waals surface area (Å²) in [6.45, 7) is 6.19. The molecule has 3 unspecified atom stereocenters. The number of ether oxygens (including phenoxy) is 4. The van der Waals surface area contributed by atoms with Gasteiger partial charge in [-0.25, -0.2) is 32.0 Å². The Bertz CT molecular complexity index is 3510. The third kappa shape index (κ3) is 32.4. The van der Waals surface area contributed by atoms with Gasteiger partial charge in [0.05, 0.1) is 64.9 Å². The Morgan fingerprint density at radius 1 is 0.500 bits per heavy atom. The number of thioether (sulfide) groups is 2. The van der Waals surface area contributed by atoms with Crippen molar-refractivity contribution in [3.05, 3.63) is 143 Å². The summed E-state index contributed by atoms with van der Waals surface area (Å²) in [4.78, 5) is 124. The number of aliphatic carboxylic acids is 1. The van der Waals surface area contributed by atoms with Crippen LogP contribution in [0.25, 0.3) is 0 Å². The Balaban J connectivity index is 0.000000915. The molecule has 4 aliphatic heterocycles. The van der Waals surface area contributed by atoms with E-state index in [4.69, 9.17) is 35.8 Å². The van der Waals surface area contributed by atoms with Crippen LogP contribution < -0.4 is 63.3 Å². The van der Waals surface area contributed by atoms with Gasteiger partial charge in [0.1, 0.15) is 47.4 Å². The van der Waals surface area contributed by atoms with Crippen LogP contribution in [0.3, 0.4) is 0 Å². The van der Waals surface area contributed by atoms with Gasteiger partial charge in [0.15, 0.2) is 12.2 Å². The molecule has 0 aliphatic carbocycles. The highest BCUT2D eigenvalue weighted by molar-refractivity contribution is 8.00. The summed E-state index contributed by atoms with van der Waals surface area (Å²) >= 11 is 9.07. The van der Waals surface area contributed by atoms with Gasteiger partial charge >= 0.3 is 18.0 Å². The fraction of sp³-hybridized carbons (Fsp3) is 0.528. The lowest BCUT2D eigenvalue weighted by atomic mass is 9.98. The smallest absolute Gasteiger partial charge is 0.315 e. The number of fused-ring (bicyclic) bond motifs is 3. The predicted octanol–water partition coefficient (Wildman–Crippen LogP) is 5.41. The molecule has 29 nitrogen and oxygen atoms in total. The molecule has 0 spiro atoms. The lowest BCUT2D eigenvalue weighted by Gasteiger charge is -2.40. The molecule has 36 heteroatoms. The lowest BCUT2D eigenvalue weighted by molar-refractivity contribution is -0.137. The molecule has 4 aromatic rings. The van der Waals surface area contributed by atoms with Gasteiger partial charge in [0.25, 0.3) is 11.8 Å². The molecule has 0 saturated carbocycles. The second-order valence-electron chi connectivity index (χ2n) is 25.2. The molecule has 604 valence electrons. The number of aliphatic hydroxyl groups is 2. The van der Waals surface area contributed by atoms with Gasteiger partial charge in [0, 0.05) is 90.9 Å². The van der Waals surface area contributed by atoms with Crippen molar-refractivity contribution in [2.45, 2.75) is 150 Å². The number of rotatable bonds is 42. The molecular weight excluding hydrogens is 1480 g/mol. The zero-order chi connectivity index (χ0) is 77.6. The quantitative estimate of drug-likeness (QED) is 0.0114. The SMILES string of the molecule is C.C[C@H](NC(=O)C(O)c1cc(F)cc(F)c1)C(=O)N[C@H](C(=O)NCCOCCOCCNC(=O)CCCCC1SC[C@@H]2NC(=O)N[C@H]12)c1ccccc1.C[C@H](NC(=O)C(O)c1cc(F)cc(F)c1)C(=O)N[C@H](C(=O)NCCOCCOCCNCl)c1ccccc1.O=C(O)CCCC[C@@H]1SC[C@H]2C[C@@H]1NC(=O)N2.[HH].[HH].[HH].[HH]. The first-order valence-corrected chi connectivity index (χ1v) is 37.5. The van der Waals surface area contributed by atoms with Gasteiger partial charge < -0.3 is 92.8 Å². The summed E-state index contributed by atoms with van der Waals surface area (Å²) in [7, 11) is 0. The van der Waals surface area contributed by atoms with E-state index in [-0.39, 0.29) is 106 Å². The fourth-order valence-corrected chi connectivity index (χ4v) is 14.5. The molecule has 12 atom stereocenters. The molecule has 4 saturated heterocycles. The maximum absolute atomic E-state index is 13.5. The number of nitrogens with one attached hydrogen (secondary N) is 12. The van der Waals surface area contributed by atoms with Crippen LogP contribution in [0.4, 0.5) is 27.2 Å². The van der Waals surface area contributed by atoms with E-state index in [2.05, 4.69) is 63.3 Å². The van der Waals surface area contributed by atoms with E-state index in [1.165, 1.54) is 13.8 Å². The lowest BCUT2D eigenvalue weighted by Crippen LogP contribution is -2.61. The van der Waals surface area contributed by atoms with Crippen molar-refractivity contribution in [1.82, 2.24) is 63.3 Å². The summed E-state index contributed by atoms with van der Waals surface area (Å²) in [6.07, 6.45) is 3.13. The zero-order valence-electron chi connectivity index (χ0n) is 59.2. The first-order chi connectivity index (χ1) is 51.4. The number of carboxylic acids is 1. The molecule has 2 bridgehead atoms. The Morgan fingerprint density at radius 2 is 0.917 bits per heavy atom. The highest BCUT2D eigenvalue weighted by Crippen LogP contribution is 2.34. The Morgan fingerprint density at radius 3 is 1.38 bits per heavy atom. The number of unbranched alkanes of at least 4 members (excludes halogenated alkanes) is 2. The van der Waals surface area contributed by atoms with Crippen LogP contribution >= 0.6 is 35.3 Å². The number of hydrogen-bond donors (Lipinski definition) is 15. The van der Waals surface area contributed by atoms with Gasteiger partial charge in [-0.05, 0) is 104 Å². The minimum Gasteiger partial charge on any atom is -0.481 e. The summed E-state index contributed by atoms with van der Waals surface area (Å²) in [5.41, 5.74) is 0.338. The minimum atomic E-state index is -1.93. The van der Waals surface area contributed by atoms with Gasteiger partial charge in [-0.1, -0.05) is 80.9 Å². The largest absolute Gasteiger partial charge is 0.481 e. The number of aliphatic hydroxyl groups excluding tert-OH is 2. The Hall–Kier alpha value is -8.39. The molecule has 11 amide bonds. The van der Waals surface area contributed by atoms with Crippen LogP contribution in [0, 0.1) is 23.3 Å². The summed E-state index contributed by atoms with van der Waals surface area (Å²) < 4.78 is 75.6. The van der Waals surface area contributed by atoms with Crippen LogP contribution in [0.5, 0.6) is 0 Å². The number of carbonyl (C=O) groups is 10. The van der Waals surface area contributed by atoms with Crippen LogP contribution in [0.1, 0.15) is 131 Å². The molecule has 8 rings (SSSR count). The average Bonchev–Trinajstić information content (AvgIpc) is 1.70. The van der Waals surface area contributed by atoms with Crippen molar-refractivity contribution in [2.75, 3.05) is 90.5 Å². The third-order valence-electron chi connectivity index (χ3n) is 16.9. The van der Waals surface area contributed by atoms with Crippen LogP contribution in [-0.2, 0) is 57.3 Å². The fourth-order valence-electron chi connectivity index (χ4n) is 11.4. The zero-order valence-corrected chi connectivity index (χ0v) is 61.6. The highest BCUT2D eigenvalue weighted by Gasteiger charge is 2.43. The minimum absolute atomic E-state index is 0. The van der Waals surface area contributed by atoms with E-state index in [9.17, 15) is 75.7 Å². The summed E-state index contributed by atoms with van der Waals surface area (Å²) in [6, 6.07) is 17.5. The highest BCUT2D eigenvalue weighted by atomic mass is 35.5. The monoisotopic (exact) mass is 1590 g/mol. The van der Waals surface area contributed by atoms with Gasteiger partial charge in [-0.15, -0.1) is 0 Å². The number of benzene rings is 4. The van der Waals surface area contributed by atoms with Crippen molar-refractivity contribution >= 4 is 94.7 Å². The summed E-state index contributed by atoms with van der Waals surface area (Å²) in [5.74, 6) is -7.35. The molecule has 4 aromatic carbocycles. The number of amides is 11. The van der Waals surface area contributed by atoms with Crippen molar-refractivity contribution in [2.24, 2.45) is 0 Å². The van der Waals surface area contributed by atoms with E-state index in [0.717, 1.165) is 80.7 Å². The second-order valence-corrected chi connectivity index (χ2v) is 28.0. The molecule has 4 aliphatic rings. The van der Waals surface area contributed by atoms with Gasteiger partial charge in [0.2, 0.25) is 29.5 Å². The molecular formula is C72H107ClF4N12O17S2. The van der Waals surface area contributed by atoms with Crippen LogP contribution in [-0.4, -0.2) is 212 Å². The van der Waals surface area contributed by atoms with Crippen molar-refractivity contribution in [1.29, 1.82) is 0 Å². The number of halogens is 5. The van der Waals surface area contributed by atoms with Gasteiger partial charge in [-0.2, -0.15) is 23.5 Å². The predicted molar refractivity (Wildman–Crippen MR) is 404 cm³/mol. The van der Waals surface area contributed by atoms with E-state index in [1.54, 1.807) is 60.7 Å². The molecule has 4 fully saturated rings. The number of urea groups is 2. The summed E-state index contributed by atoms with van der Waals surface area (Å²) in [5, 5.41) is 59.5. The normalized spacial score (nSPS) is 19.0. The molecule has 4 heterocycles. The van der Waals surface area contributed by atoms with Crippen molar-refractivity contribution in [3.8, 4) is 0 Å². The van der Waals surface area contributed by atoms with Crippen molar-refractivity contribution < 1.29 is 105 Å². The molecule has 15 N–H and O–H groups in total. The Labute approximate surface area is 643 Å². The number of carboxylic acid groups (broad SMARTS) is 1. The number of carbonyl (C=O) groups excluding carboxylic acids is 9. The molecule has 108 heavy (non-hydrogen) atoms. The molecule has 0 radical (unpaired) electrons. The standard InChI is InChI=1S/C35H46F2N6O8S.C25H31ClF2N4O6.C11H18N2O3S.CH4.4H2/c1-21(40-34(48)31(45)23-17-24(36)19-25(37)18-23)32(46)42-29(22-7-3-2-4-8-22)33(47)39-12-14-51-16-15-50-13-11-38-28(44)10-6-5-9-27-30-26(20-52-27)41-35(49)43-30;1-16(31-25(36)22(33)18-13-19(27)15-20(28)14-18)23(34)32-21(17-5-3-2-4-6-17)24(35)29-7-9-37-11-12-38-10-8-30-26;14-10(15)4-2-1-3-9-8-5-7(6-17-9)12-11(16)13-8;;;;;/h2-4,7-8,17-19,21,26-27,29-31,45H,5-6,9-16,20H2,1H3,(H,38,44)(H,39,47)(H,40,48)(H,42,46)(H2,41,43,49);2-6,13-16,21-22,30,33H,7-12H2,1H3,(H,29,35)(H,31,36)(H,32,34);7-9H,1-6H2,(H,14,15)(H2,12,13,16);1H4;4*1H/t21-,26-,27?,29-,30-,31?;16-,21-,22?;7-,8+,9+;;;;;/m001...../s1. The Kier molecular flexibility index (Phi) is 40.9. The first kappa shape index (κ1) is 90.2. The van der Waals surface area contributed by atoms with E-state index in [1.807, 2.05) is 23.5 Å². The van der Waals surface area contributed by atoms with Crippen LogP contribution in [0.15, 0.2) is 97.1 Å². The maximum atomic E-state index is 13.5. The second kappa shape index (κ2) is 48.9. The van der Waals surface area contributed by atoms with E-state index < -0.39 is 101 Å². The van der Waals surface area contributed by atoms with Gasteiger partial charge in [-0.3, -0.25) is 38.4 Å². The van der Waals surface area contributed by atoms with E-state index in [0.29, 0.717) is 85.7 Å². The molecule has 0 aromatic heterocycles. The third-order valence-corrected chi connectivity index (χ3v) is 20.2.